The maximum absolute atomic E-state index is 13.0. The monoisotopic (exact) mass is 478 g/mol. The van der Waals surface area contributed by atoms with Gasteiger partial charge in [-0.2, -0.15) is 13.2 Å². The topological polar surface area (TPSA) is 85.0 Å². The van der Waals surface area contributed by atoms with E-state index in [1.54, 1.807) is 12.1 Å². The largest absolute Gasteiger partial charge is 0.508 e. The first kappa shape index (κ1) is 24.3. The molecular weight excluding hydrogens is 449 g/mol. The minimum absolute atomic E-state index is 0.0283. The van der Waals surface area contributed by atoms with Gasteiger partial charge in [0.15, 0.2) is 0 Å². The van der Waals surface area contributed by atoms with Crippen LogP contribution in [0.15, 0.2) is 48.5 Å². The zero-order valence-corrected chi connectivity index (χ0v) is 18.9. The molecule has 4 atom stereocenters. The standard InChI is InChI=1S/C25H29F3N2O4/c1-16(17-5-7-19(31)8-6-17)22-14-24(23(29)32,10-12-33-22)30-11-9-21(15-30)34-20-4-2-3-18(13-20)25(26,27)28/h2-8,13,16,21-22,31H,9-12,14-15H2,1H3,(H2,29,32)/t16-,21?,22?,24?/m0/s1. The second kappa shape index (κ2) is 9.46. The first-order valence-electron chi connectivity index (χ1n) is 11.4. The van der Waals surface area contributed by atoms with Gasteiger partial charge in [-0.15, -0.1) is 0 Å². The fourth-order valence-corrected chi connectivity index (χ4v) is 5.00. The quantitative estimate of drug-likeness (QED) is 0.654. The lowest BCUT2D eigenvalue weighted by atomic mass is 9.79. The highest BCUT2D eigenvalue weighted by molar-refractivity contribution is 5.85. The van der Waals surface area contributed by atoms with Crippen molar-refractivity contribution in [1.29, 1.82) is 0 Å². The molecule has 0 spiro atoms. The minimum atomic E-state index is -4.44. The van der Waals surface area contributed by atoms with Crippen LogP contribution >= 0.6 is 0 Å². The van der Waals surface area contributed by atoms with Crippen LogP contribution < -0.4 is 10.5 Å². The number of likely N-dealkylation sites (tertiary alicyclic amines) is 1. The van der Waals surface area contributed by atoms with Crippen LogP contribution in [0.2, 0.25) is 0 Å². The second-order valence-electron chi connectivity index (χ2n) is 9.14. The van der Waals surface area contributed by atoms with Crippen LogP contribution in [-0.2, 0) is 15.7 Å². The molecule has 0 aromatic heterocycles. The van der Waals surface area contributed by atoms with E-state index in [1.807, 2.05) is 24.0 Å². The fraction of sp³-hybridized carbons (Fsp3) is 0.480. The number of benzene rings is 2. The van der Waals surface area contributed by atoms with E-state index < -0.39 is 23.2 Å². The first-order chi connectivity index (χ1) is 16.1. The Morgan fingerprint density at radius 2 is 2.00 bits per heavy atom. The normalized spacial score (nSPS) is 26.8. The van der Waals surface area contributed by atoms with Crippen LogP contribution in [0.5, 0.6) is 11.5 Å². The Kier molecular flexibility index (Phi) is 6.78. The third-order valence-corrected chi connectivity index (χ3v) is 7.04. The van der Waals surface area contributed by atoms with Gasteiger partial charge in [0.05, 0.1) is 11.7 Å². The smallest absolute Gasteiger partial charge is 0.416 e. The lowest BCUT2D eigenvalue weighted by Gasteiger charge is -2.46. The van der Waals surface area contributed by atoms with Gasteiger partial charge in [0, 0.05) is 32.0 Å². The molecule has 2 aliphatic rings. The highest BCUT2D eigenvalue weighted by Gasteiger charge is 2.50. The van der Waals surface area contributed by atoms with Gasteiger partial charge < -0.3 is 20.3 Å². The molecule has 2 fully saturated rings. The molecule has 34 heavy (non-hydrogen) atoms. The van der Waals surface area contributed by atoms with Crippen LogP contribution in [-0.4, -0.2) is 53.4 Å². The number of phenolic OH excluding ortho intramolecular Hbond substituents is 1. The summed E-state index contributed by atoms with van der Waals surface area (Å²) in [6, 6.07) is 11.7. The zero-order chi connectivity index (χ0) is 24.5. The van der Waals surface area contributed by atoms with E-state index in [0.29, 0.717) is 39.0 Å². The number of aromatic hydroxyl groups is 1. The molecule has 2 aliphatic heterocycles. The molecule has 6 nitrogen and oxygen atoms in total. The van der Waals surface area contributed by atoms with E-state index in [2.05, 4.69) is 0 Å². The van der Waals surface area contributed by atoms with Crippen molar-refractivity contribution in [1.82, 2.24) is 4.90 Å². The van der Waals surface area contributed by atoms with Crippen LogP contribution in [0.4, 0.5) is 13.2 Å². The Labute approximate surface area is 196 Å². The second-order valence-corrected chi connectivity index (χ2v) is 9.14. The molecular formula is C25H29F3N2O4. The number of amides is 1. The molecule has 2 saturated heterocycles. The van der Waals surface area contributed by atoms with Crippen LogP contribution in [0.25, 0.3) is 0 Å². The number of primary amides is 1. The summed E-state index contributed by atoms with van der Waals surface area (Å²) in [7, 11) is 0. The summed E-state index contributed by atoms with van der Waals surface area (Å²) in [4.78, 5) is 14.8. The number of hydrogen-bond donors (Lipinski definition) is 2. The Hall–Kier alpha value is -2.78. The minimum Gasteiger partial charge on any atom is -0.508 e. The number of hydrogen-bond acceptors (Lipinski definition) is 5. The fourth-order valence-electron chi connectivity index (χ4n) is 5.00. The van der Waals surface area contributed by atoms with Gasteiger partial charge in [-0.1, -0.05) is 25.1 Å². The number of carbonyl (C=O) groups is 1. The van der Waals surface area contributed by atoms with Crippen molar-refractivity contribution in [3.63, 3.8) is 0 Å². The molecule has 2 heterocycles. The molecule has 1 amide bonds. The van der Waals surface area contributed by atoms with Crippen molar-refractivity contribution >= 4 is 5.91 Å². The van der Waals surface area contributed by atoms with Crippen molar-refractivity contribution < 1.29 is 32.5 Å². The average molecular weight is 479 g/mol. The SMILES string of the molecule is C[C@@H](c1ccc(O)cc1)C1CC(C(N)=O)(N2CCC(Oc3cccc(C(F)(F)F)c3)C2)CCO1. The molecule has 2 aromatic rings. The zero-order valence-electron chi connectivity index (χ0n) is 18.9. The molecule has 4 rings (SSSR count). The Morgan fingerprint density at radius 3 is 2.68 bits per heavy atom. The molecule has 9 heteroatoms. The molecule has 2 aromatic carbocycles. The first-order valence-corrected chi connectivity index (χ1v) is 11.4. The maximum Gasteiger partial charge on any atom is 0.416 e. The highest BCUT2D eigenvalue weighted by atomic mass is 19.4. The highest BCUT2D eigenvalue weighted by Crippen LogP contribution is 2.39. The van der Waals surface area contributed by atoms with Gasteiger partial charge in [-0.3, -0.25) is 9.69 Å². The number of halogens is 3. The maximum atomic E-state index is 13.0. The molecule has 0 aliphatic carbocycles. The Balaban J connectivity index is 1.47. The summed E-state index contributed by atoms with van der Waals surface area (Å²) >= 11 is 0. The van der Waals surface area contributed by atoms with Crippen molar-refractivity contribution in [2.75, 3.05) is 19.7 Å². The van der Waals surface area contributed by atoms with Gasteiger partial charge in [-0.05, 0) is 48.7 Å². The molecule has 3 unspecified atom stereocenters. The summed E-state index contributed by atoms with van der Waals surface area (Å²) in [5, 5.41) is 9.57. The number of ether oxygens (including phenoxy) is 2. The van der Waals surface area contributed by atoms with Gasteiger partial charge in [0.25, 0.3) is 0 Å². The summed E-state index contributed by atoms with van der Waals surface area (Å²) in [6.07, 6.45) is -3.63. The van der Waals surface area contributed by atoms with Crippen molar-refractivity contribution in [3.8, 4) is 11.5 Å². The molecule has 0 saturated carbocycles. The van der Waals surface area contributed by atoms with Gasteiger partial charge >= 0.3 is 6.18 Å². The molecule has 3 N–H and O–H groups in total. The van der Waals surface area contributed by atoms with Gasteiger partial charge in [0.1, 0.15) is 23.1 Å². The van der Waals surface area contributed by atoms with E-state index in [4.69, 9.17) is 15.2 Å². The van der Waals surface area contributed by atoms with E-state index in [-0.39, 0.29) is 29.6 Å². The number of nitrogens with zero attached hydrogens (tertiary/aromatic N) is 1. The molecule has 0 bridgehead atoms. The van der Waals surface area contributed by atoms with Crippen LogP contribution in [0.1, 0.15) is 43.2 Å². The summed E-state index contributed by atoms with van der Waals surface area (Å²) in [6.45, 7) is 3.32. The van der Waals surface area contributed by atoms with Crippen molar-refractivity contribution in [2.45, 2.75) is 56.0 Å². The average Bonchev–Trinajstić information content (AvgIpc) is 3.27. The number of nitrogens with two attached hydrogens (primary N) is 1. The van der Waals surface area contributed by atoms with E-state index >= 15 is 0 Å². The van der Waals surface area contributed by atoms with E-state index in [9.17, 15) is 23.1 Å². The van der Waals surface area contributed by atoms with Crippen molar-refractivity contribution in [3.05, 3.63) is 59.7 Å². The number of alkyl halides is 3. The molecule has 0 radical (unpaired) electrons. The summed E-state index contributed by atoms with van der Waals surface area (Å²) < 4.78 is 51.0. The van der Waals surface area contributed by atoms with Gasteiger partial charge in [-0.25, -0.2) is 0 Å². The predicted molar refractivity (Wildman–Crippen MR) is 119 cm³/mol. The number of rotatable bonds is 6. The van der Waals surface area contributed by atoms with Crippen molar-refractivity contribution in [2.24, 2.45) is 5.73 Å². The Morgan fingerprint density at radius 1 is 1.26 bits per heavy atom. The van der Waals surface area contributed by atoms with Crippen LogP contribution in [0, 0.1) is 0 Å². The van der Waals surface area contributed by atoms with E-state index in [1.165, 1.54) is 12.1 Å². The summed E-state index contributed by atoms with van der Waals surface area (Å²) in [5.74, 6) is -0.130. The van der Waals surface area contributed by atoms with Crippen LogP contribution in [0.3, 0.4) is 0 Å². The Bertz CT molecular complexity index is 1010. The van der Waals surface area contributed by atoms with E-state index in [0.717, 1.165) is 17.7 Å². The lowest BCUT2D eigenvalue weighted by Crippen LogP contribution is -2.61. The number of phenols is 1. The van der Waals surface area contributed by atoms with Gasteiger partial charge in [0.2, 0.25) is 5.91 Å². The molecule has 184 valence electrons. The lowest BCUT2D eigenvalue weighted by molar-refractivity contribution is -0.142. The third-order valence-electron chi connectivity index (χ3n) is 7.04. The predicted octanol–water partition coefficient (Wildman–Crippen LogP) is 4.07. The number of carbonyl (C=O) groups excluding carboxylic acids is 1. The third kappa shape index (κ3) is 5.00. The summed E-state index contributed by atoms with van der Waals surface area (Å²) in [5.41, 5.74) is 5.24.